The molecule has 128 valence electrons. The Bertz CT molecular complexity index is 785. The number of non-ortho nitro benzene ring substituents is 1. The highest BCUT2D eigenvalue weighted by Crippen LogP contribution is 2.52. The first-order valence-electron chi connectivity index (χ1n) is 7.93. The highest BCUT2D eigenvalue weighted by Gasteiger charge is 2.61. The van der Waals surface area contributed by atoms with Crippen molar-refractivity contribution in [2.75, 3.05) is 0 Å². The van der Waals surface area contributed by atoms with Gasteiger partial charge in [-0.1, -0.05) is 12.2 Å². The van der Waals surface area contributed by atoms with Crippen molar-refractivity contribution >= 4 is 23.6 Å². The number of hydrogen-bond donors (Lipinski definition) is 0. The molecule has 8 nitrogen and oxygen atoms in total. The summed E-state index contributed by atoms with van der Waals surface area (Å²) in [5, 5.41) is 10.6. The first kappa shape index (κ1) is 15.5. The molecule has 4 unspecified atom stereocenters. The van der Waals surface area contributed by atoms with E-state index < -0.39 is 34.7 Å². The van der Waals surface area contributed by atoms with Crippen LogP contribution < -0.4 is 0 Å². The van der Waals surface area contributed by atoms with E-state index in [-0.39, 0.29) is 24.1 Å². The molecule has 1 aliphatic heterocycles. The van der Waals surface area contributed by atoms with Crippen LogP contribution in [0.5, 0.6) is 0 Å². The lowest BCUT2D eigenvalue weighted by Crippen LogP contribution is -2.38. The zero-order chi connectivity index (χ0) is 17.7. The van der Waals surface area contributed by atoms with Crippen molar-refractivity contribution in [2.24, 2.45) is 23.7 Å². The number of hydrogen-bond acceptors (Lipinski definition) is 6. The highest BCUT2D eigenvalue weighted by atomic mass is 16.6. The summed E-state index contributed by atoms with van der Waals surface area (Å²) in [7, 11) is 0. The Labute approximate surface area is 142 Å². The number of imide groups is 3. The van der Waals surface area contributed by atoms with Crippen molar-refractivity contribution in [1.82, 2.24) is 4.90 Å². The van der Waals surface area contributed by atoms with E-state index in [0.717, 1.165) is 6.42 Å². The molecule has 2 bridgehead atoms. The molecule has 1 saturated carbocycles. The number of allylic oxidation sites excluding steroid dienone is 2. The normalized spacial score (nSPS) is 29.2. The van der Waals surface area contributed by atoms with Gasteiger partial charge in [-0.25, -0.2) is 4.79 Å². The van der Waals surface area contributed by atoms with Crippen molar-refractivity contribution in [3.05, 3.63) is 52.1 Å². The second-order valence-electron chi connectivity index (χ2n) is 6.49. The quantitative estimate of drug-likeness (QED) is 0.360. The van der Waals surface area contributed by atoms with E-state index in [2.05, 4.69) is 0 Å². The Morgan fingerprint density at radius 3 is 2.20 bits per heavy atom. The van der Waals surface area contributed by atoms with E-state index in [9.17, 15) is 24.5 Å². The Kier molecular flexibility index (Phi) is 3.41. The summed E-state index contributed by atoms with van der Waals surface area (Å²) in [6.07, 6.45) is 3.70. The number of nitro benzene ring substituents is 1. The lowest BCUT2D eigenvalue weighted by molar-refractivity contribution is -0.384. The van der Waals surface area contributed by atoms with Crippen LogP contribution in [0.3, 0.4) is 0 Å². The molecule has 25 heavy (non-hydrogen) atoms. The molecule has 4 rings (SSSR count). The van der Waals surface area contributed by atoms with Gasteiger partial charge in [0.15, 0.2) is 0 Å². The minimum absolute atomic E-state index is 0.0268. The average molecular weight is 342 g/mol. The number of amides is 3. The largest absolute Gasteiger partial charge is 0.444 e. The van der Waals surface area contributed by atoms with Crippen LogP contribution in [0.25, 0.3) is 0 Å². The van der Waals surface area contributed by atoms with Gasteiger partial charge >= 0.3 is 6.09 Å². The van der Waals surface area contributed by atoms with Crippen molar-refractivity contribution in [3.8, 4) is 0 Å². The van der Waals surface area contributed by atoms with Crippen molar-refractivity contribution in [1.29, 1.82) is 0 Å². The predicted molar refractivity (Wildman–Crippen MR) is 82.9 cm³/mol. The minimum atomic E-state index is -0.984. The number of nitro groups is 1. The maximum atomic E-state index is 12.5. The van der Waals surface area contributed by atoms with Gasteiger partial charge in [-0.3, -0.25) is 19.7 Å². The number of benzene rings is 1. The van der Waals surface area contributed by atoms with Crippen LogP contribution in [0.4, 0.5) is 10.5 Å². The van der Waals surface area contributed by atoms with Crippen molar-refractivity contribution in [2.45, 2.75) is 13.0 Å². The Balaban J connectivity index is 1.43. The van der Waals surface area contributed by atoms with Gasteiger partial charge in [0.05, 0.1) is 16.8 Å². The van der Waals surface area contributed by atoms with Gasteiger partial charge in [0.2, 0.25) is 11.8 Å². The maximum Gasteiger partial charge on any atom is 0.423 e. The van der Waals surface area contributed by atoms with Crippen LogP contribution in [0.1, 0.15) is 12.0 Å². The van der Waals surface area contributed by atoms with Crippen molar-refractivity contribution < 1.29 is 24.0 Å². The topological polar surface area (TPSA) is 107 Å². The number of likely N-dealkylation sites (tertiary alicyclic amines) is 1. The predicted octanol–water partition coefficient (Wildman–Crippen LogP) is 2.04. The third-order valence-corrected chi connectivity index (χ3v) is 5.16. The van der Waals surface area contributed by atoms with Crippen LogP contribution in [0, 0.1) is 33.8 Å². The minimum Gasteiger partial charge on any atom is -0.444 e. The Morgan fingerprint density at radius 1 is 1.12 bits per heavy atom. The number of nitrogens with zero attached hydrogens (tertiary/aromatic N) is 2. The molecular weight excluding hydrogens is 328 g/mol. The number of fused-ring (bicyclic) bond motifs is 5. The van der Waals surface area contributed by atoms with Crippen molar-refractivity contribution in [3.63, 3.8) is 0 Å². The van der Waals surface area contributed by atoms with E-state index in [1.807, 2.05) is 12.2 Å². The zero-order valence-corrected chi connectivity index (χ0v) is 13.0. The summed E-state index contributed by atoms with van der Waals surface area (Å²) in [6, 6.07) is 5.50. The van der Waals surface area contributed by atoms with Crippen LogP contribution in [-0.2, 0) is 20.9 Å². The van der Waals surface area contributed by atoms with Gasteiger partial charge in [-0.15, -0.1) is 0 Å². The molecule has 1 saturated heterocycles. The monoisotopic (exact) mass is 342 g/mol. The molecule has 0 N–H and O–H groups in total. The number of ether oxygens (including phenoxy) is 1. The lowest BCUT2D eigenvalue weighted by atomic mass is 9.85. The summed E-state index contributed by atoms with van der Waals surface area (Å²) in [5.74, 6) is -1.82. The van der Waals surface area contributed by atoms with E-state index in [1.54, 1.807) is 0 Å². The Morgan fingerprint density at radius 2 is 1.68 bits per heavy atom. The molecule has 0 spiro atoms. The molecule has 1 aromatic carbocycles. The molecular formula is C17H14N2O6. The SMILES string of the molecule is O=C(OCc1ccc([N+](=O)[O-])cc1)N1C(=O)C2C3C=CC(C3)C2C1=O. The third-order valence-electron chi connectivity index (χ3n) is 5.16. The summed E-state index contributed by atoms with van der Waals surface area (Å²) in [5.41, 5.74) is 0.454. The molecule has 1 aromatic rings. The fourth-order valence-corrected chi connectivity index (χ4v) is 4.01. The van der Waals surface area contributed by atoms with Gasteiger partial charge in [-0.2, -0.15) is 4.90 Å². The lowest BCUT2D eigenvalue weighted by Gasteiger charge is -2.15. The molecule has 0 aromatic heterocycles. The number of carbonyl (C=O) groups is 3. The molecule has 2 fully saturated rings. The summed E-state index contributed by atoms with van der Waals surface area (Å²) >= 11 is 0. The van der Waals surface area contributed by atoms with Gasteiger partial charge < -0.3 is 4.74 Å². The summed E-state index contributed by atoms with van der Waals surface area (Å²) < 4.78 is 5.06. The molecule has 4 atom stereocenters. The van der Waals surface area contributed by atoms with E-state index in [4.69, 9.17) is 4.74 Å². The van der Waals surface area contributed by atoms with Crippen LogP contribution in [-0.4, -0.2) is 27.7 Å². The van der Waals surface area contributed by atoms with E-state index >= 15 is 0 Å². The molecule has 8 heteroatoms. The molecule has 3 amide bonds. The zero-order valence-electron chi connectivity index (χ0n) is 13.0. The van der Waals surface area contributed by atoms with Gasteiger partial charge in [-0.05, 0) is 36.0 Å². The number of carbonyl (C=O) groups excluding carboxylic acids is 3. The second kappa shape index (κ2) is 5.51. The van der Waals surface area contributed by atoms with Gasteiger partial charge in [0.1, 0.15) is 6.61 Å². The molecule has 3 aliphatic rings. The van der Waals surface area contributed by atoms with E-state index in [1.165, 1.54) is 24.3 Å². The van der Waals surface area contributed by atoms with Crippen LogP contribution in [0.2, 0.25) is 0 Å². The smallest absolute Gasteiger partial charge is 0.423 e. The number of rotatable bonds is 3. The highest BCUT2D eigenvalue weighted by molar-refractivity contribution is 6.16. The standard InChI is InChI=1S/C17H14N2O6/c20-15-13-10-3-4-11(7-10)14(13)16(21)18(15)17(22)25-8-9-1-5-12(6-2-9)19(23)24/h1-6,10-11,13-14H,7-8H2. The summed E-state index contributed by atoms with van der Waals surface area (Å²) in [6.45, 7) is -0.172. The fraction of sp³-hybridized carbons (Fsp3) is 0.353. The maximum absolute atomic E-state index is 12.5. The first-order chi connectivity index (χ1) is 12.0. The van der Waals surface area contributed by atoms with Gasteiger partial charge in [0, 0.05) is 12.1 Å². The first-order valence-corrected chi connectivity index (χ1v) is 7.93. The molecule has 2 aliphatic carbocycles. The van der Waals surface area contributed by atoms with Crippen LogP contribution >= 0.6 is 0 Å². The second-order valence-corrected chi connectivity index (χ2v) is 6.49. The fourth-order valence-electron chi connectivity index (χ4n) is 4.01. The van der Waals surface area contributed by atoms with Crippen LogP contribution in [0.15, 0.2) is 36.4 Å². The third kappa shape index (κ3) is 2.33. The van der Waals surface area contributed by atoms with E-state index in [0.29, 0.717) is 10.5 Å². The molecule has 0 radical (unpaired) electrons. The van der Waals surface area contributed by atoms with Gasteiger partial charge in [0.25, 0.3) is 5.69 Å². The molecule has 1 heterocycles. The summed E-state index contributed by atoms with van der Waals surface area (Å²) in [4.78, 5) is 47.8. The average Bonchev–Trinajstić information content (AvgIpc) is 3.27. The Hall–Kier alpha value is -3.03.